The number of benzene rings is 1. The van der Waals surface area contributed by atoms with E-state index < -0.39 is 17.3 Å². The molecule has 0 amide bonds. The molecule has 2 rings (SSSR count). The Labute approximate surface area is 109 Å². The van der Waals surface area contributed by atoms with Gasteiger partial charge in [-0.3, -0.25) is 4.79 Å². The molecular weight excluding hydrogens is 305 g/mol. The summed E-state index contributed by atoms with van der Waals surface area (Å²) in [6, 6.07) is 6.68. The smallest absolute Gasteiger partial charge is 0.341 e. The van der Waals surface area contributed by atoms with Crippen molar-refractivity contribution in [2.45, 2.75) is 0 Å². The monoisotopic (exact) mass is 311 g/mol. The summed E-state index contributed by atoms with van der Waals surface area (Å²) in [7, 11) is 0. The average Bonchev–Trinajstić information content (AvgIpc) is 2.28. The van der Waals surface area contributed by atoms with E-state index in [9.17, 15) is 14.0 Å². The zero-order valence-corrected chi connectivity index (χ0v) is 10.5. The number of carbonyl (C=O) groups is 1. The van der Waals surface area contributed by atoms with E-state index in [-0.39, 0.29) is 5.56 Å². The molecule has 0 saturated carbocycles. The van der Waals surface area contributed by atoms with Crippen molar-refractivity contribution in [2.75, 3.05) is 0 Å². The number of aromatic amines is 1. The van der Waals surface area contributed by atoms with Gasteiger partial charge in [0, 0.05) is 15.7 Å². The Morgan fingerprint density at radius 3 is 2.56 bits per heavy atom. The second kappa shape index (κ2) is 4.73. The van der Waals surface area contributed by atoms with Crippen molar-refractivity contribution >= 4 is 21.9 Å². The molecule has 1 heterocycles. The van der Waals surface area contributed by atoms with Gasteiger partial charge in [-0.05, 0) is 46.3 Å². The molecule has 0 aliphatic carbocycles. The van der Waals surface area contributed by atoms with E-state index in [1.165, 1.54) is 30.3 Å². The maximum Gasteiger partial charge on any atom is 0.341 e. The Morgan fingerprint density at radius 1 is 1.28 bits per heavy atom. The highest BCUT2D eigenvalue weighted by Gasteiger charge is 2.11. The molecule has 0 atom stereocenters. The zero-order chi connectivity index (χ0) is 13.3. The number of hydrogen-bond donors (Lipinski definition) is 2. The Bertz CT molecular complexity index is 681. The SMILES string of the molecule is O=C(O)c1ccc(-c2ccc(F)cc2Br)[nH]c1=O. The molecule has 2 aromatic rings. The molecule has 0 saturated heterocycles. The highest BCUT2D eigenvalue weighted by atomic mass is 79.9. The van der Waals surface area contributed by atoms with Crippen LogP contribution in [-0.2, 0) is 0 Å². The quantitative estimate of drug-likeness (QED) is 0.895. The second-order valence-electron chi connectivity index (χ2n) is 3.54. The van der Waals surface area contributed by atoms with Gasteiger partial charge in [0.05, 0.1) is 0 Å². The van der Waals surface area contributed by atoms with Gasteiger partial charge >= 0.3 is 5.97 Å². The molecule has 0 spiro atoms. The molecule has 1 aromatic carbocycles. The van der Waals surface area contributed by atoms with Crippen molar-refractivity contribution < 1.29 is 14.3 Å². The van der Waals surface area contributed by atoms with Crippen molar-refractivity contribution in [2.24, 2.45) is 0 Å². The lowest BCUT2D eigenvalue weighted by Crippen LogP contribution is -2.17. The molecule has 0 radical (unpaired) electrons. The molecule has 92 valence electrons. The van der Waals surface area contributed by atoms with E-state index in [0.29, 0.717) is 15.7 Å². The van der Waals surface area contributed by atoms with Crippen LogP contribution in [0.2, 0.25) is 0 Å². The first-order chi connectivity index (χ1) is 8.49. The number of H-pyrrole nitrogens is 1. The fourth-order valence-electron chi connectivity index (χ4n) is 1.51. The second-order valence-corrected chi connectivity index (χ2v) is 4.40. The summed E-state index contributed by atoms with van der Waals surface area (Å²) in [5.41, 5.74) is -0.0458. The standard InChI is InChI=1S/C12H7BrFNO3/c13-9-5-6(14)1-2-7(9)10-4-3-8(12(17)18)11(16)15-10/h1-5H,(H,15,16)(H,17,18). The van der Waals surface area contributed by atoms with Crippen LogP contribution in [0.5, 0.6) is 0 Å². The van der Waals surface area contributed by atoms with Gasteiger partial charge in [-0.25, -0.2) is 9.18 Å². The molecule has 18 heavy (non-hydrogen) atoms. The van der Waals surface area contributed by atoms with Crippen molar-refractivity contribution in [1.82, 2.24) is 4.98 Å². The average molecular weight is 312 g/mol. The number of carboxylic acids is 1. The molecule has 6 heteroatoms. The highest BCUT2D eigenvalue weighted by Crippen LogP contribution is 2.26. The number of aromatic carboxylic acids is 1. The molecule has 4 nitrogen and oxygen atoms in total. The molecule has 0 bridgehead atoms. The van der Waals surface area contributed by atoms with Crippen LogP contribution in [-0.4, -0.2) is 16.1 Å². The fourth-order valence-corrected chi connectivity index (χ4v) is 2.07. The van der Waals surface area contributed by atoms with E-state index >= 15 is 0 Å². The lowest BCUT2D eigenvalue weighted by atomic mass is 10.1. The third-order valence-corrected chi connectivity index (χ3v) is 3.02. The van der Waals surface area contributed by atoms with Crippen LogP contribution in [0.15, 0.2) is 39.6 Å². The van der Waals surface area contributed by atoms with Gasteiger partial charge in [-0.2, -0.15) is 0 Å². The fraction of sp³-hybridized carbons (Fsp3) is 0. The predicted octanol–water partition coefficient (Wildman–Crippen LogP) is 2.64. The summed E-state index contributed by atoms with van der Waals surface area (Å²) in [5.74, 6) is -1.70. The van der Waals surface area contributed by atoms with Crippen LogP contribution < -0.4 is 5.56 Å². The van der Waals surface area contributed by atoms with Crippen molar-refractivity contribution in [3.63, 3.8) is 0 Å². The van der Waals surface area contributed by atoms with Crippen LogP contribution in [0.25, 0.3) is 11.3 Å². The van der Waals surface area contributed by atoms with Gasteiger partial charge in [-0.1, -0.05) is 0 Å². The Hall–Kier alpha value is -1.95. The van der Waals surface area contributed by atoms with E-state index in [1.54, 1.807) is 0 Å². The summed E-state index contributed by atoms with van der Waals surface area (Å²) < 4.78 is 13.4. The molecule has 0 unspecified atom stereocenters. The third kappa shape index (κ3) is 2.33. The third-order valence-electron chi connectivity index (χ3n) is 2.36. The first-order valence-corrected chi connectivity index (χ1v) is 5.70. The highest BCUT2D eigenvalue weighted by molar-refractivity contribution is 9.10. The maximum absolute atomic E-state index is 12.9. The molecule has 2 N–H and O–H groups in total. The topological polar surface area (TPSA) is 70.2 Å². The summed E-state index contributed by atoms with van der Waals surface area (Å²) in [6.45, 7) is 0. The summed E-state index contributed by atoms with van der Waals surface area (Å²) in [4.78, 5) is 24.7. The van der Waals surface area contributed by atoms with Crippen molar-refractivity contribution in [3.05, 3.63) is 56.5 Å². The summed E-state index contributed by atoms with van der Waals surface area (Å²) in [5, 5.41) is 8.74. The number of aromatic nitrogens is 1. The van der Waals surface area contributed by atoms with Gasteiger partial charge in [0.2, 0.25) is 0 Å². The summed E-state index contributed by atoms with van der Waals surface area (Å²) in [6.07, 6.45) is 0. The molecule has 0 aliphatic heterocycles. The van der Waals surface area contributed by atoms with E-state index in [0.717, 1.165) is 0 Å². The summed E-state index contributed by atoms with van der Waals surface area (Å²) >= 11 is 3.18. The van der Waals surface area contributed by atoms with Crippen LogP contribution in [0.1, 0.15) is 10.4 Å². The number of pyridine rings is 1. The number of halogens is 2. The molecular formula is C12H7BrFNO3. The van der Waals surface area contributed by atoms with Crippen LogP contribution in [0, 0.1) is 5.82 Å². The van der Waals surface area contributed by atoms with Crippen LogP contribution in [0.4, 0.5) is 4.39 Å². The number of carboxylic acid groups (broad SMARTS) is 1. The van der Waals surface area contributed by atoms with E-state index in [1.807, 2.05) is 0 Å². The Morgan fingerprint density at radius 2 is 2.00 bits per heavy atom. The van der Waals surface area contributed by atoms with Gasteiger partial charge in [0.25, 0.3) is 5.56 Å². The van der Waals surface area contributed by atoms with Gasteiger partial charge < -0.3 is 10.1 Å². The van der Waals surface area contributed by atoms with Gasteiger partial charge in [0.1, 0.15) is 11.4 Å². The lowest BCUT2D eigenvalue weighted by molar-refractivity contribution is 0.0695. The molecule has 1 aromatic heterocycles. The van der Waals surface area contributed by atoms with E-state index in [4.69, 9.17) is 5.11 Å². The number of nitrogens with one attached hydrogen (secondary N) is 1. The minimum Gasteiger partial charge on any atom is -0.477 e. The van der Waals surface area contributed by atoms with Crippen molar-refractivity contribution in [1.29, 1.82) is 0 Å². The Kier molecular flexibility index (Phi) is 3.29. The lowest BCUT2D eigenvalue weighted by Gasteiger charge is -2.05. The zero-order valence-electron chi connectivity index (χ0n) is 8.91. The minimum atomic E-state index is -1.29. The molecule has 0 aliphatic rings. The predicted molar refractivity (Wildman–Crippen MR) is 67.1 cm³/mol. The molecule has 0 fully saturated rings. The number of hydrogen-bond acceptors (Lipinski definition) is 2. The van der Waals surface area contributed by atoms with Gasteiger partial charge in [0.15, 0.2) is 0 Å². The van der Waals surface area contributed by atoms with E-state index in [2.05, 4.69) is 20.9 Å². The van der Waals surface area contributed by atoms with Crippen LogP contribution >= 0.6 is 15.9 Å². The Balaban J connectivity index is 2.56. The first kappa shape index (κ1) is 12.5. The maximum atomic E-state index is 12.9. The van der Waals surface area contributed by atoms with Crippen LogP contribution in [0.3, 0.4) is 0 Å². The first-order valence-electron chi connectivity index (χ1n) is 4.91. The minimum absolute atomic E-state index is 0.336. The van der Waals surface area contributed by atoms with Gasteiger partial charge in [-0.15, -0.1) is 0 Å². The normalized spacial score (nSPS) is 10.3. The largest absolute Gasteiger partial charge is 0.477 e. The number of rotatable bonds is 2. The van der Waals surface area contributed by atoms with Crippen molar-refractivity contribution in [3.8, 4) is 11.3 Å².